The molecule has 0 spiro atoms. The lowest BCUT2D eigenvalue weighted by Gasteiger charge is -2.28. The summed E-state index contributed by atoms with van der Waals surface area (Å²) in [6.07, 6.45) is 0.578. The number of hydrogen-bond donors (Lipinski definition) is 0. The molecule has 0 bridgehead atoms. The molecule has 0 radical (unpaired) electrons. The van der Waals surface area contributed by atoms with Gasteiger partial charge in [0.25, 0.3) is 20.2 Å². The van der Waals surface area contributed by atoms with Gasteiger partial charge in [-0.15, -0.1) is 0 Å². The second kappa shape index (κ2) is 8.93. The summed E-state index contributed by atoms with van der Waals surface area (Å²) in [4.78, 5) is 0.113. The monoisotopic (exact) mass is 552 g/mol. The maximum Gasteiger partial charge on any atom is 0.297 e. The standard InChI is InChI=1S/C18H18Br2O6S2/c19-13-4-8-17(9-5-13)27(21,22)25-15-2-1-3-16(12-15)26-28(23,24)18-10-6-14(20)7-11-18/h4-11,15-16H,1-3,12H2. The van der Waals surface area contributed by atoms with Crippen LogP contribution in [0, 0.1) is 0 Å². The number of benzene rings is 2. The van der Waals surface area contributed by atoms with Crippen LogP contribution in [-0.2, 0) is 28.6 Å². The molecule has 1 aliphatic rings. The zero-order valence-corrected chi connectivity index (χ0v) is 19.4. The zero-order chi connectivity index (χ0) is 20.4. The second-order valence-electron chi connectivity index (χ2n) is 6.42. The Kier molecular flexibility index (Phi) is 6.99. The molecule has 1 fully saturated rings. The van der Waals surface area contributed by atoms with E-state index in [9.17, 15) is 16.8 Å². The SMILES string of the molecule is O=S(=O)(OC1CCCC(OS(=O)(=O)c2ccc(Br)cc2)C1)c1ccc(Br)cc1. The van der Waals surface area contributed by atoms with E-state index in [1.807, 2.05) is 0 Å². The van der Waals surface area contributed by atoms with Crippen LogP contribution in [0.2, 0.25) is 0 Å². The summed E-state index contributed by atoms with van der Waals surface area (Å²) >= 11 is 6.52. The van der Waals surface area contributed by atoms with Crippen molar-refractivity contribution in [3.8, 4) is 0 Å². The molecule has 0 heterocycles. The molecule has 2 atom stereocenters. The van der Waals surface area contributed by atoms with E-state index in [2.05, 4.69) is 31.9 Å². The average Bonchev–Trinajstić information content (AvgIpc) is 2.62. The van der Waals surface area contributed by atoms with Crippen molar-refractivity contribution in [1.29, 1.82) is 0 Å². The Morgan fingerprint density at radius 2 is 1.04 bits per heavy atom. The normalized spacial score (nSPS) is 20.8. The fraction of sp³-hybridized carbons (Fsp3) is 0.333. The van der Waals surface area contributed by atoms with Crippen molar-refractivity contribution in [3.05, 3.63) is 57.5 Å². The van der Waals surface area contributed by atoms with Gasteiger partial charge in [-0.1, -0.05) is 31.9 Å². The van der Waals surface area contributed by atoms with Crippen molar-refractivity contribution >= 4 is 52.1 Å². The first-order chi connectivity index (χ1) is 13.2. The van der Waals surface area contributed by atoms with Crippen molar-refractivity contribution < 1.29 is 25.2 Å². The van der Waals surface area contributed by atoms with Crippen LogP contribution in [0.4, 0.5) is 0 Å². The summed E-state index contributed by atoms with van der Waals surface area (Å²) in [7, 11) is -7.86. The van der Waals surface area contributed by atoms with Gasteiger partial charge in [-0.05, 0) is 67.8 Å². The van der Waals surface area contributed by atoms with E-state index in [4.69, 9.17) is 8.37 Å². The first-order valence-corrected chi connectivity index (χ1v) is 12.9. The Bertz CT molecular complexity index is 935. The molecule has 1 saturated carbocycles. The van der Waals surface area contributed by atoms with E-state index in [-0.39, 0.29) is 16.2 Å². The Morgan fingerprint density at radius 3 is 1.39 bits per heavy atom. The largest absolute Gasteiger partial charge is 0.297 e. The van der Waals surface area contributed by atoms with Crippen molar-refractivity contribution in [2.75, 3.05) is 0 Å². The van der Waals surface area contributed by atoms with Gasteiger partial charge in [0.1, 0.15) is 0 Å². The molecule has 0 aromatic heterocycles. The summed E-state index contributed by atoms with van der Waals surface area (Å²) in [5, 5.41) is 0. The van der Waals surface area contributed by atoms with Crippen molar-refractivity contribution in [3.63, 3.8) is 0 Å². The first kappa shape index (κ1) is 21.9. The lowest BCUT2D eigenvalue weighted by molar-refractivity contribution is 0.0759. The maximum absolute atomic E-state index is 12.5. The molecule has 28 heavy (non-hydrogen) atoms. The molecule has 0 saturated heterocycles. The van der Waals surface area contributed by atoms with Crippen LogP contribution in [0.15, 0.2) is 67.3 Å². The van der Waals surface area contributed by atoms with E-state index < -0.39 is 32.4 Å². The number of hydrogen-bond acceptors (Lipinski definition) is 6. The fourth-order valence-electron chi connectivity index (χ4n) is 2.95. The third-order valence-electron chi connectivity index (χ3n) is 4.31. The van der Waals surface area contributed by atoms with Crippen molar-refractivity contribution in [1.82, 2.24) is 0 Å². The average molecular weight is 554 g/mol. The molecule has 6 nitrogen and oxygen atoms in total. The van der Waals surface area contributed by atoms with Gasteiger partial charge >= 0.3 is 0 Å². The lowest BCUT2D eigenvalue weighted by atomic mass is 9.95. The highest BCUT2D eigenvalue weighted by Crippen LogP contribution is 2.29. The molecule has 2 aromatic carbocycles. The van der Waals surface area contributed by atoms with Gasteiger partial charge < -0.3 is 0 Å². The molecule has 1 aliphatic carbocycles. The molecule has 3 rings (SSSR count). The van der Waals surface area contributed by atoms with Gasteiger partial charge in [0.05, 0.1) is 22.0 Å². The fourth-order valence-corrected chi connectivity index (χ4v) is 5.70. The molecule has 2 aromatic rings. The highest BCUT2D eigenvalue weighted by Gasteiger charge is 2.31. The maximum atomic E-state index is 12.5. The molecular weight excluding hydrogens is 536 g/mol. The zero-order valence-electron chi connectivity index (χ0n) is 14.6. The van der Waals surface area contributed by atoms with Gasteiger partial charge in [0.15, 0.2) is 0 Å². The Hall–Kier alpha value is -0.780. The van der Waals surface area contributed by atoms with Crippen molar-refractivity contribution in [2.24, 2.45) is 0 Å². The van der Waals surface area contributed by atoms with Gasteiger partial charge in [0, 0.05) is 15.4 Å². The van der Waals surface area contributed by atoms with Gasteiger partial charge in [0.2, 0.25) is 0 Å². The van der Waals surface area contributed by atoms with Crippen LogP contribution in [0.25, 0.3) is 0 Å². The van der Waals surface area contributed by atoms with Gasteiger partial charge in [-0.2, -0.15) is 16.8 Å². The van der Waals surface area contributed by atoms with Gasteiger partial charge in [-0.3, -0.25) is 8.37 Å². The highest BCUT2D eigenvalue weighted by molar-refractivity contribution is 9.10. The Labute approximate surface area is 181 Å². The van der Waals surface area contributed by atoms with E-state index in [0.717, 1.165) is 8.95 Å². The summed E-state index contributed by atoms with van der Waals surface area (Å²) in [6.45, 7) is 0. The quantitative estimate of drug-likeness (QED) is 0.484. The minimum absolute atomic E-state index is 0.0567. The molecule has 152 valence electrons. The summed E-state index contributed by atoms with van der Waals surface area (Å²) in [5.74, 6) is 0. The highest BCUT2D eigenvalue weighted by atomic mass is 79.9. The van der Waals surface area contributed by atoms with E-state index >= 15 is 0 Å². The lowest BCUT2D eigenvalue weighted by Crippen LogP contribution is -2.31. The smallest absolute Gasteiger partial charge is 0.263 e. The van der Waals surface area contributed by atoms with Crippen LogP contribution in [-0.4, -0.2) is 29.0 Å². The molecule has 0 N–H and O–H groups in total. The second-order valence-corrected chi connectivity index (χ2v) is 11.4. The number of halogens is 2. The van der Waals surface area contributed by atoms with Crippen LogP contribution in [0.3, 0.4) is 0 Å². The third-order valence-corrected chi connectivity index (χ3v) is 8.12. The minimum Gasteiger partial charge on any atom is -0.263 e. The van der Waals surface area contributed by atoms with E-state index in [1.54, 1.807) is 24.3 Å². The summed E-state index contributed by atoms with van der Waals surface area (Å²) < 4.78 is 62.0. The predicted octanol–water partition coefficient (Wildman–Crippen LogP) is 4.63. The molecule has 0 amide bonds. The Balaban J connectivity index is 1.67. The topological polar surface area (TPSA) is 86.7 Å². The van der Waals surface area contributed by atoms with Crippen LogP contribution >= 0.6 is 31.9 Å². The van der Waals surface area contributed by atoms with E-state index in [1.165, 1.54) is 24.3 Å². The minimum atomic E-state index is -3.93. The third kappa shape index (κ3) is 5.64. The predicted molar refractivity (Wildman–Crippen MR) is 111 cm³/mol. The first-order valence-electron chi connectivity index (χ1n) is 8.53. The van der Waals surface area contributed by atoms with Crippen molar-refractivity contribution in [2.45, 2.75) is 47.7 Å². The molecular formula is C18H18Br2O6S2. The molecule has 0 aliphatic heterocycles. The number of rotatable bonds is 6. The Morgan fingerprint density at radius 1 is 0.679 bits per heavy atom. The van der Waals surface area contributed by atoms with Crippen LogP contribution in [0.1, 0.15) is 25.7 Å². The van der Waals surface area contributed by atoms with Crippen LogP contribution < -0.4 is 0 Å². The molecule has 2 unspecified atom stereocenters. The summed E-state index contributed by atoms with van der Waals surface area (Å²) in [5.41, 5.74) is 0. The van der Waals surface area contributed by atoms with Gasteiger partial charge in [-0.25, -0.2) is 0 Å². The van der Waals surface area contributed by atoms with Crippen LogP contribution in [0.5, 0.6) is 0 Å². The van der Waals surface area contributed by atoms with E-state index in [0.29, 0.717) is 19.3 Å². The summed E-state index contributed by atoms with van der Waals surface area (Å²) in [6, 6.07) is 12.3. The molecule has 10 heteroatoms.